The summed E-state index contributed by atoms with van der Waals surface area (Å²) in [5, 5.41) is 0. The first-order chi connectivity index (χ1) is 18.0. The number of hydrogen-bond acceptors (Lipinski definition) is 4. The van der Waals surface area contributed by atoms with Gasteiger partial charge in [0.15, 0.2) is 0 Å². The van der Waals surface area contributed by atoms with Gasteiger partial charge in [-0.15, -0.1) is 0 Å². The molecule has 0 heterocycles. The van der Waals surface area contributed by atoms with Crippen molar-refractivity contribution in [3.8, 4) is 11.5 Å². The highest BCUT2D eigenvalue weighted by molar-refractivity contribution is 7.91. The molecule has 0 N–H and O–H groups in total. The molecule has 220 valence electrons. The van der Waals surface area contributed by atoms with Crippen molar-refractivity contribution < 1.29 is 43.6 Å². The van der Waals surface area contributed by atoms with Gasteiger partial charge in [-0.25, -0.2) is 8.42 Å². The van der Waals surface area contributed by atoms with E-state index >= 15 is 0 Å². The zero-order valence-electron chi connectivity index (χ0n) is 23.0. The van der Waals surface area contributed by atoms with Crippen molar-refractivity contribution in [1.82, 2.24) is 0 Å². The highest BCUT2D eigenvalue weighted by Crippen LogP contribution is 2.43. The van der Waals surface area contributed by atoms with Gasteiger partial charge in [0.05, 0.1) is 11.1 Å². The highest BCUT2D eigenvalue weighted by Gasteiger charge is 2.40. The van der Waals surface area contributed by atoms with Crippen LogP contribution in [0.2, 0.25) is 36.3 Å². The van der Waals surface area contributed by atoms with Crippen molar-refractivity contribution >= 4 is 26.5 Å². The van der Waals surface area contributed by atoms with Gasteiger partial charge in [0, 0.05) is 0 Å². The number of sulfone groups is 1. The van der Waals surface area contributed by atoms with Crippen LogP contribution in [-0.4, -0.2) is 25.1 Å². The minimum atomic E-state index is -4.76. The Labute approximate surface area is 228 Å². The molecule has 2 rings (SSSR count). The maximum Gasteiger partial charge on any atom is 0.416 e. The molecule has 0 atom stereocenters. The molecule has 13 heteroatoms. The summed E-state index contributed by atoms with van der Waals surface area (Å²) >= 11 is 0. The molecule has 0 saturated carbocycles. The first kappa shape index (κ1) is 33.2. The molecular formula is C26H36F6O4SSi2. The van der Waals surface area contributed by atoms with Crippen LogP contribution in [0.1, 0.15) is 52.7 Å². The summed E-state index contributed by atoms with van der Waals surface area (Å²) in [7, 11) is -9.98. The predicted molar refractivity (Wildman–Crippen MR) is 144 cm³/mol. The fraction of sp³-hybridized carbons (Fsp3) is 0.538. The van der Waals surface area contributed by atoms with Crippen molar-refractivity contribution in [3.05, 3.63) is 47.5 Å². The molecule has 4 nitrogen and oxygen atoms in total. The maximum absolute atomic E-state index is 14.0. The summed E-state index contributed by atoms with van der Waals surface area (Å²) in [5.41, 5.74) is -2.16. The summed E-state index contributed by atoms with van der Waals surface area (Å²) in [5.74, 6) is -0.893. The second kappa shape index (κ2) is 12.3. The smallest absolute Gasteiger partial charge is 0.416 e. The summed E-state index contributed by atoms with van der Waals surface area (Å²) in [6.45, 7) is 11.0. The summed E-state index contributed by atoms with van der Waals surface area (Å²) < 4.78 is 122. The van der Waals surface area contributed by atoms with Crippen LogP contribution in [0.15, 0.2) is 46.2 Å². The minimum absolute atomic E-state index is 0.446. The van der Waals surface area contributed by atoms with Gasteiger partial charge >= 0.3 is 12.4 Å². The van der Waals surface area contributed by atoms with Crippen molar-refractivity contribution in [3.63, 3.8) is 0 Å². The Hall–Kier alpha value is -2.00. The molecule has 2 aromatic rings. The Balaban J connectivity index is 2.88. The molecule has 0 aliphatic heterocycles. The average Bonchev–Trinajstić information content (AvgIpc) is 2.89. The van der Waals surface area contributed by atoms with Gasteiger partial charge in [-0.1, -0.05) is 41.5 Å². The molecule has 0 spiro atoms. The summed E-state index contributed by atoms with van der Waals surface area (Å²) in [6, 6.07) is 7.43. The fourth-order valence-electron chi connectivity index (χ4n) is 4.49. The van der Waals surface area contributed by atoms with Crippen LogP contribution in [-0.2, 0) is 22.2 Å². The third-order valence-corrected chi connectivity index (χ3v) is 18.5. The van der Waals surface area contributed by atoms with Crippen LogP contribution in [0, 0.1) is 0 Å². The zero-order valence-corrected chi connectivity index (χ0v) is 25.8. The normalized spacial score (nSPS) is 13.4. The minimum Gasteiger partial charge on any atom is -0.543 e. The van der Waals surface area contributed by atoms with Gasteiger partial charge < -0.3 is 8.85 Å². The van der Waals surface area contributed by atoms with Gasteiger partial charge in [-0.2, -0.15) is 26.3 Å². The van der Waals surface area contributed by atoms with E-state index in [0.717, 1.165) is 12.1 Å². The van der Waals surface area contributed by atoms with Crippen molar-refractivity contribution in [2.24, 2.45) is 0 Å². The van der Waals surface area contributed by atoms with Crippen LogP contribution in [0.5, 0.6) is 11.5 Å². The summed E-state index contributed by atoms with van der Waals surface area (Å²) in [6.07, 6.45) is -9.51. The average molecular weight is 615 g/mol. The van der Waals surface area contributed by atoms with E-state index in [-0.39, 0.29) is 0 Å². The van der Waals surface area contributed by atoms with Gasteiger partial charge in [0.1, 0.15) is 21.3 Å². The zero-order chi connectivity index (χ0) is 29.9. The summed E-state index contributed by atoms with van der Waals surface area (Å²) in [4.78, 5) is -1.08. The Kier molecular flexibility index (Phi) is 10.4. The van der Waals surface area contributed by atoms with E-state index in [4.69, 9.17) is 8.85 Å². The molecule has 2 aromatic carbocycles. The van der Waals surface area contributed by atoms with Crippen LogP contribution >= 0.6 is 0 Å². The lowest BCUT2D eigenvalue weighted by Gasteiger charge is -2.31. The van der Waals surface area contributed by atoms with E-state index in [1.807, 2.05) is 41.5 Å². The predicted octanol–water partition coefficient (Wildman–Crippen LogP) is 9.32. The molecule has 0 bridgehead atoms. The van der Waals surface area contributed by atoms with Gasteiger partial charge in [0.2, 0.25) is 9.84 Å². The van der Waals surface area contributed by atoms with Crippen molar-refractivity contribution in [2.75, 3.05) is 0 Å². The molecule has 39 heavy (non-hydrogen) atoms. The maximum atomic E-state index is 14.0. The number of benzene rings is 2. The molecule has 0 aliphatic rings. The number of hydrogen-bond donors (Lipinski definition) is 0. The Morgan fingerprint density at radius 3 is 1.10 bits per heavy atom. The van der Waals surface area contributed by atoms with Gasteiger partial charge in [0.25, 0.3) is 16.6 Å². The number of halogens is 6. The van der Waals surface area contributed by atoms with Crippen LogP contribution in [0.4, 0.5) is 26.3 Å². The number of alkyl halides is 6. The van der Waals surface area contributed by atoms with Crippen LogP contribution in [0.3, 0.4) is 0 Å². The fourth-order valence-corrected chi connectivity index (χ4v) is 11.2. The first-order valence-corrected chi connectivity index (χ1v) is 19.6. The molecule has 0 unspecified atom stereocenters. The molecule has 0 saturated heterocycles. The molecule has 0 fully saturated rings. The SMILES string of the molecule is CC[Si](CC)(CC)Oc1cc(C(F)(F)F)ccc1S(=O)(=O)c1ccc(C(F)(F)F)cc1O[Si](CC)(CC)CC. The topological polar surface area (TPSA) is 52.6 Å². The third-order valence-electron chi connectivity index (χ3n) is 7.64. The third kappa shape index (κ3) is 7.21. The van der Waals surface area contributed by atoms with E-state index in [1.54, 1.807) is 0 Å². The van der Waals surface area contributed by atoms with Crippen molar-refractivity contribution in [2.45, 2.75) is 100.0 Å². The van der Waals surface area contributed by atoms with Crippen molar-refractivity contribution in [1.29, 1.82) is 0 Å². The Morgan fingerprint density at radius 2 is 0.872 bits per heavy atom. The lowest BCUT2D eigenvalue weighted by molar-refractivity contribution is -0.138. The standard InChI is InChI=1S/C26H36F6O4SSi2/c1-7-38(8-2,9-3)35-21-17-19(25(27,28)29)13-15-23(21)37(33,34)24-16-14-20(26(30,31)32)18-22(24)36-39(10-4,11-5)12-6/h13-18H,7-12H2,1-6H3. The first-order valence-electron chi connectivity index (χ1n) is 13.0. The highest BCUT2D eigenvalue weighted by atomic mass is 32.2. The second-order valence-electron chi connectivity index (χ2n) is 9.51. The van der Waals surface area contributed by atoms with E-state index in [2.05, 4.69) is 0 Å². The van der Waals surface area contributed by atoms with E-state index < -0.39 is 71.2 Å². The van der Waals surface area contributed by atoms with E-state index in [0.29, 0.717) is 60.5 Å². The molecule has 0 aliphatic carbocycles. The van der Waals surface area contributed by atoms with Crippen LogP contribution in [0.25, 0.3) is 0 Å². The molecule has 0 amide bonds. The van der Waals surface area contributed by atoms with Gasteiger partial charge in [-0.05, 0) is 72.7 Å². The van der Waals surface area contributed by atoms with Crippen LogP contribution < -0.4 is 8.85 Å². The second-order valence-corrected chi connectivity index (χ2v) is 20.8. The Bertz CT molecular complexity index is 1130. The monoisotopic (exact) mass is 614 g/mol. The quantitative estimate of drug-likeness (QED) is 0.177. The Morgan fingerprint density at radius 1 is 0.590 bits per heavy atom. The van der Waals surface area contributed by atoms with E-state index in [1.165, 1.54) is 0 Å². The van der Waals surface area contributed by atoms with E-state index in [9.17, 15) is 34.8 Å². The number of rotatable bonds is 12. The molecule has 0 aromatic heterocycles. The molecular weight excluding hydrogens is 579 g/mol. The molecule has 0 radical (unpaired) electrons. The lowest BCUT2D eigenvalue weighted by Crippen LogP contribution is -2.40. The lowest BCUT2D eigenvalue weighted by atomic mass is 10.2. The largest absolute Gasteiger partial charge is 0.543 e. The van der Waals surface area contributed by atoms with Gasteiger partial charge in [-0.3, -0.25) is 0 Å².